The molecular formula is C12H10BrF2NO2. The topological polar surface area (TPSA) is 38.7 Å². The number of rotatable bonds is 3. The predicted octanol–water partition coefficient (Wildman–Crippen LogP) is 3.45. The summed E-state index contributed by atoms with van der Waals surface area (Å²) in [7, 11) is 1.32. The van der Waals surface area contributed by atoms with Crippen molar-refractivity contribution in [3.8, 4) is 5.75 Å². The summed E-state index contributed by atoms with van der Waals surface area (Å²) < 4.78 is 33.1. The van der Waals surface area contributed by atoms with Crippen LogP contribution in [0.15, 0.2) is 15.5 Å². The maximum absolute atomic E-state index is 14.2. The summed E-state index contributed by atoms with van der Waals surface area (Å²) in [6.45, 7) is 0. The van der Waals surface area contributed by atoms with Crippen molar-refractivity contribution in [1.82, 2.24) is 0 Å². The minimum Gasteiger partial charge on any atom is -0.495 e. The van der Waals surface area contributed by atoms with Crippen LogP contribution in [0, 0.1) is 11.6 Å². The first kappa shape index (κ1) is 13.2. The van der Waals surface area contributed by atoms with Crippen molar-refractivity contribution in [2.45, 2.75) is 24.8 Å². The standard InChI is InChI=1S/C12H10BrF2NO2/c1-18-8-5-7(14)9(11(15)10(8)13)12(16-6-17)3-2-4-12/h5H,2-4H2,1H3. The van der Waals surface area contributed by atoms with Crippen molar-refractivity contribution in [2.75, 3.05) is 7.11 Å². The fourth-order valence-corrected chi connectivity index (χ4v) is 2.64. The van der Waals surface area contributed by atoms with E-state index in [4.69, 9.17) is 4.74 Å². The highest BCUT2D eigenvalue weighted by atomic mass is 79.9. The van der Waals surface area contributed by atoms with Crippen LogP contribution < -0.4 is 4.74 Å². The van der Waals surface area contributed by atoms with Crippen LogP contribution in [0.4, 0.5) is 8.78 Å². The quantitative estimate of drug-likeness (QED) is 0.486. The Morgan fingerprint density at radius 2 is 2.17 bits per heavy atom. The van der Waals surface area contributed by atoms with Gasteiger partial charge in [-0.25, -0.2) is 13.6 Å². The van der Waals surface area contributed by atoms with Crippen LogP contribution in [0.3, 0.4) is 0 Å². The zero-order valence-electron chi connectivity index (χ0n) is 9.60. The van der Waals surface area contributed by atoms with Crippen molar-refractivity contribution in [2.24, 2.45) is 4.99 Å². The predicted molar refractivity (Wildman–Crippen MR) is 64.3 cm³/mol. The SMILES string of the molecule is COc1cc(F)c(C2(N=C=O)CCC2)c(F)c1Br. The lowest BCUT2D eigenvalue weighted by Crippen LogP contribution is -2.34. The molecule has 0 atom stereocenters. The van der Waals surface area contributed by atoms with E-state index in [2.05, 4.69) is 20.9 Å². The molecule has 0 aromatic heterocycles. The van der Waals surface area contributed by atoms with E-state index in [1.165, 1.54) is 13.2 Å². The molecule has 3 nitrogen and oxygen atoms in total. The number of hydrogen-bond acceptors (Lipinski definition) is 3. The third-order valence-corrected chi connectivity index (χ3v) is 3.99. The Balaban J connectivity index is 2.64. The molecule has 96 valence electrons. The van der Waals surface area contributed by atoms with Gasteiger partial charge in [0.15, 0.2) is 0 Å². The monoisotopic (exact) mass is 317 g/mol. The number of hydrogen-bond donors (Lipinski definition) is 0. The molecule has 0 radical (unpaired) electrons. The average Bonchev–Trinajstić information content (AvgIpc) is 2.30. The van der Waals surface area contributed by atoms with Crippen LogP contribution in [0.2, 0.25) is 0 Å². The van der Waals surface area contributed by atoms with Gasteiger partial charge in [0.05, 0.1) is 17.1 Å². The molecular weight excluding hydrogens is 308 g/mol. The molecule has 1 saturated carbocycles. The zero-order chi connectivity index (χ0) is 13.3. The molecule has 1 aromatic carbocycles. The number of methoxy groups -OCH3 is 1. The lowest BCUT2D eigenvalue weighted by molar-refractivity contribution is 0.237. The van der Waals surface area contributed by atoms with E-state index >= 15 is 0 Å². The summed E-state index contributed by atoms with van der Waals surface area (Å²) in [4.78, 5) is 14.0. The summed E-state index contributed by atoms with van der Waals surface area (Å²) in [6, 6.07) is 1.09. The molecule has 1 aliphatic carbocycles. The Labute approximate surface area is 111 Å². The van der Waals surface area contributed by atoms with Gasteiger partial charge in [-0.3, -0.25) is 0 Å². The molecule has 1 fully saturated rings. The molecule has 1 aliphatic rings. The van der Waals surface area contributed by atoms with Gasteiger partial charge in [-0.05, 0) is 35.2 Å². The Hall–Kier alpha value is -1.26. The van der Waals surface area contributed by atoms with E-state index in [9.17, 15) is 13.6 Å². The van der Waals surface area contributed by atoms with Gasteiger partial charge in [-0.15, -0.1) is 0 Å². The van der Waals surface area contributed by atoms with E-state index in [0.717, 1.165) is 12.5 Å². The van der Waals surface area contributed by atoms with Crippen molar-refractivity contribution in [3.63, 3.8) is 0 Å². The molecule has 0 unspecified atom stereocenters. The highest BCUT2D eigenvalue weighted by Gasteiger charge is 2.44. The van der Waals surface area contributed by atoms with Crippen molar-refractivity contribution < 1.29 is 18.3 Å². The fourth-order valence-electron chi connectivity index (χ4n) is 2.17. The summed E-state index contributed by atoms with van der Waals surface area (Å²) >= 11 is 3.02. The van der Waals surface area contributed by atoms with Crippen LogP contribution in [-0.2, 0) is 10.3 Å². The van der Waals surface area contributed by atoms with Crippen molar-refractivity contribution >= 4 is 22.0 Å². The van der Waals surface area contributed by atoms with Gasteiger partial charge in [0.2, 0.25) is 6.08 Å². The molecule has 18 heavy (non-hydrogen) atoms. The number of halogens is 3. The maximum atomic E-state index is 14.2. The van der Waals surface area contributed by atoms with Gasteiger partial charge in [0.25, 0.3) is 0 Å². The Morgan fingerprint density at radius 3 is 2.61 bits per heavy atom. The second-order valence-corrected chi connectivity index (χ2v) is 4.94. The molecule has 6 heteroatoms. The third kappa shape index (κ3) is 1.85. The minimum atomic E-state index is -1.11. The van der Waals surface area contributed by atoms with Gasteiger partial charge < -0.3 is 4.74 Å². The van der Waals surface area contributed by atoms with Crippen LogP contribution in [0.25, 0.3) is 0 Å². The first-order valence-electron chi connectivity index (χ1n) is 5.37. The summed E-state index contributed by atoms with van der Waals surface area (Å²) in [6.07, 6.45) is 3.06. The molecule has 0 saturated heterocycles. The van der Waals surface area contributed by atoms with Crippen LogP contribution in [-0.4, -0.2) is 13.2 Å². The van der Waals surface area contributed by atoms with Gasteiger partial charge in [-0.2, -0.15) is 4.99 Å². The normalized spacial score (nSPS) is 16.7. The maximum Gasteiger partial charge on any atom is 0.235 e. The zero-order valence-corrected chi connectivity index (χ0v) is 11.2. The van der Waals surface area contributed by atoms with Gasteiger partial charge >= 0.3 is 0 Å². The lowest BCUT2D eigenvalue weighted by atomic mass is 9.72. The molecule has 0 heterocycles. The Bertz CT molecular complexity index is 537. The highest BCUT2D eigenvalue weighted by Crippen LogP contribution is 2.48. The third-order valence-electron chi connectivity index (χ3n) is 3.25. The molecule has 0 bridgehead atoms. The first-order chi connectivity index (χ1) is 8.55. The number of carbonyl (C=O) groups excluding carboxylic acids is 1. The van der Waals surface area contributed by atoms with Gasteiger partial charge in [0.1, 0.15) is 22.9 Å². The second kappa shape index (κ2) is 4.78. The van der Waals surface area contributed by atoms with Crippen LogP contribution >= 0.6 is 15.9 Å². The van der Waals surface area contributed by atoms with Gasteiger partial charge in [-0.1, -0.05) is 0 Å². The number of nitrogens with zero attached hydrogens (tertiary/aromatic N) is 1. The van der Waals surface area contributed by atoms with E-state index < -0.39 is 17.2 Å². The highest BCUT2D eigenvalue weighted by molar-refractivity contribution is 9.10. The Morgan fingerprint density at radius 1 is 1.50 bits per heavy atom. The number of benzene rings is 1. The Kier molecular flexibility index (Phi) is 3.50. The summed E-state index contributed by atoms with van der Waals surface area (Å²) in [5.74, 6) is -1.46. The van der Waals surface area contributed by atoms with E-state index in [1.54, 1.807) is 0 Å². The number of ether oxygens (including phenoxy) is 1. The molecule has 0 aliphatic heterocycles. The average molecular weight is 318 g/mol. The smallest absolute Gasteiger partial charge is 0.235 e. The van der Waals surface area contributed by atoms with Crippen molar-refractivity contribution in [3.05, 3.63) is 27.7 Å². The van der Waals surface area contributed by atoms with E-state index in [-0.39, 0.29) is 15.8 Å². The number of aliphatic imine (C=N–C) groups is 1. The molecule has 0 spiro atoms. The van der Waals surface area contributed by atoms with Crippen LogP contribution in [0.5, 0.6) is 5.75 Å². The molecule has 0 N–H and O–H groups in total. The fraction of sp³-hybridized carbons (Fsp3) is 0.417. The van der Waals surface area contributed by atoms with Crippen LogP contribution in [0.1, 0.15) is 24.8 Å². The molecule has 2 rings (SSSR count). The largest absolute Gasteiger partial charge is 0.495 e. The van der Waals surface area contributed by atoms with E-state index in [1.807, 2.05) is 0 Å². The first-order valence-corrected chi connectivity index (χ1v) is 6.16. The van der Waals surface area contributed by atoms with Gasteiger partial charge in [0, 0.05) is 6.07 Å². The lowest BCUT2D eigenvalue weighted by Gasteiger charge is -2.37. The molecule has 1 aromatic rings. The second-order valence-electron chi connectivity index (χ2n) is 4.15. The van der Waals surface area contributed by atoms with Crippen molar-refractivity contribution in [1.29, 1.82) is 0 Å². The van der Waals surface area contributed by atoms with E-state index in [0.29, 0.717) is 12.8 Å². The summed E-state index contributed by atoms with van der Waals surface area (Å²) in [5, 5.41) is 0. The number of isocyanates is 1. The molecule has 0 amide bonds. The summed E-state index contributed by atoms with van der Waals surface area (Å²) in [5.41, 5.74) is -1.30. The minimum absolute atomic E-state index is 0.0359.